The van der Waals surface area contributed by atoms with E-state index in [-0.39, 0.29) is 23.9 Å². The number of likely N-dealkylation sites (tertiary alicyclic amines) is 2. The molecule has 0 radical (unpaired) electrons. The quantitative estimate of drug-likeness (QED) is 0.144. The van der Waals surface area contributed by atoms with Crippen molar-refractivity contribution in [2.75, 3.05) is 41.0 Å². The van der Waals surface area contributed by atoms with Gasteiger partial charge in [0.15, 0.2) is 0 Å². The molecule has 2 fully saturated rings. The minimum atomic E-state index is -0.684. The van der Waals surface area contributed by atoms with Crippen LogP contribution < -0.4 is 5.32 Å². The van der Waals surface area contributed by atoms with Crippen LogP contribution >= 0.6 is 0 Å². The number of benzene rings is 3. The van der Waals surface area contributed by atoms with Gasteiger partial charge in [-0.15, -0.1) is 5.92 Å². The van der Waals surface area contributed by atoms with Crippen LogP contribution in [-0.4, -0.2) is 88.7 Å². The number of rotatable bonds is 9. The van der Waals surface area contributed by atoms with Crippen LogP contribution in [-0.2, 0) is 14.3 Å². The van der Waals surface area contributed by atoms with E-state index >= 15 is 0 Å². The highest BCUT2D eigenvalue weighted by Crippen LogP contribution is 2.37. The van der Waals surface area contributed by atoms with Gasteiger partial charge in [0.05, 0.1) is 48.7 Å². The molecule has 0 bridgehead atoms. The monoisotopic (exact) mass is 701 g/mol. The molecule has 2 aromatic heterocycles. The predicted octanol–water partition coefficient (Wildman–Crippen LogP) is 6.83. The minimum Gasteiger partial charge on any atom is -0.453 e. The molecular weight excluding hydrogens is 654 g/mol. The predicted molar refractivity (Wildman–Crippen MR) is 202 cm³/mol. The molecule has 270 valence electrons. The van der Waals surface area contributed by atoms with Crippen molar-refractivity contribution in [3.8, 4) is 34.2 Å². The lowest BCUT2D eigenvalue weighted by atomic mass is 9.95. The summed E-state index contributed by atoms with van der Waals surface area (Å²) in [4.78, 5) is 46.8. The molecule has 11 heteroatoms. The fourth-order valence-electron chi connectivity index (χ4n) is 7.98. The third-order valence-corrected chi connectivity index (χ3v) is 10.6. The Balaban J connectivity index is 1.14. The average Bonchev–Trinajstić information content (AvgIpc) is 3.96. The molecule has 3 N–H and O–H groups in total. The number of hydrogen-bond acceptors (Lipinski definition) is 7. The maximum Gasteiger partial charge on any atom is 0.407 e. The second kappa shape index (κ2) is 14.8. The van der Waals surface area contributed by atoms with Crippen LogP contribution in [0, 0.1) is 23.7 Å². The van der Waals surface area contributed by atoms with Crippen LogP contribution in [0.2, 0.25) is 0 Å². The standard InChI is InChI=1S/C41H47N7O4/c1-7-9-26-20-29(33-21-42-38(44-33)34-10-8-17-48(34)40(49)36(24(2)3)46-41(50)52-6)12-14-30(26)27-11-15-31-28(19-27)13-16-32-37(31)45-39(43-32)35-18-25(23-51-5)22-47(35)4/h11-16,19-21,24-25,34-36H,8,10,17-18,22-23H2,1-6H3,(H,42,44)(H,43,45)(H,46,50)/t25-,34-,35-,36-/m0/s1. The zero-order chi connectivity index (χ0) is 36.5. The Kier molecular flexibility index (Phi) is 10.0. The third kappa shape index (κ3) is 6.76. The SMILES string of the molecule is CC#Cc1cc(-c2cnc([C@@H]3CCCN3C(=O)[C@@H](NC(=O)OC)C(C)C)[nH]2)ccc1-c1ccc2c(ccc3[nH]c([C@@H]4C[C@H](COC)CN4C)nc32)c1. The molecule has 4 heterocycles. The van der Waals surface area contributed by atoms with Crippen molar-refractivity contribution in [1.82, 2.24) is 35.1 Å². The van der Waals surface area contributed by atoms with Gasteiger partial charge in [-0.1, -0.05) is 50.1 Å². The summed E-state index contributed by atoms with van der Waals surface area (Å²) in [5.74, 6) is 8.43. The number of alkyl carbamates (subject to hydrolysis) is 1. The van der Waals surface area contributed by atoms with Crippen molar-refractivity contribution in [3.05, 3.63) is 71.9 Å². The van der Waals surface area contributed by atoms with Gasteiger partial charge >= 0.3 is 6.09 Å². The van der Waals surface area contributed by atoms with Crippen LogP contribution in [0.1, 0.15) is 69.3 Å². The summed E-state index contributed by atoms with van der Waals surface area (Å²) in [6.07, 6.45) is 3.87. The average molecular weight is 702 g/mol. The van der Waals surface area contributed by atoms with Gasteiger partial charge in [-0.3, -0.25) is 9.69 Å². The van der Waals surface area contributed by atoms with Crippen LogP contribution in [0.4, 0.5) is 4.79 Å². The van der Waals surface area contributed by atoms with Crippen molar-refractivity contribution in [2.24, 2.45) is 11.8 Å². The Labute approximate surface area is 304 Å². The van der Waals surface area contributed by atoms with Gasteiger partial charge in [0.25, 0.3) is 0 Å². The molecule has 0 aliphatic carbocycles. The van der Waals surface area contributed by atoms with E-state index < -0.39 is 12.1 Å². The van der Waals surface area contributed by atoms with Gasteiger partial charge in [-0.05, 0) is 79.8 Å². The number of aromatic amines is 2. The Morgan fingerprint density at radius 2 is 1.87 bits per heavy atom. The summed E-state index contributed by atoms with van der Waals surface area (Å²) >= 11 is 0. The van der Waals surface area contributed by atoms with Crippen LogP contribution in [0.3, 0.4) is 0 Å². The lowest BCUT2D eigenvalue weighted by Gasteiger charge is -2.30. The first-order valence-corrected chi connectivity index (χ1v) is 18.1. The summed E-state index contributed by atoms with van der Waals surface area (Å²) in [6.45, 7) is 8.04. The molecule has 7 rings (SSSR count). The van der Waals surface area contributed by atoms with Crippen LogP contribution in [0.5, 0.6) is 0 Å². The number of carbonyl (C=O) groups excluding carboxylic acids is 2. The molecule has 2 saturated heterocycles. The highest BCUT2D eigenvalue weighted by atomic mass is 16.5. The van der Waals surface area contributed by atoms with Gasteiger partial charge in [-0.25, -0.2) is 14.8 Å². The summed E-state index contributed by atoms with van der Waals surface area (Å²) < 4.78 is 10.2. The maximum atomic E-state index is 13.6. The van der Waals surface area contributed by atoms with Gasteiger partial charge < -0.3 is 29.7 Å². The van der Waals surface area contributed by atoms with E-state index in [1.165, 1.54) is 7.11 Å². The van der Waals surface area contributed by atoms with E-state index in [4.69, 9.17) is 19.4 Å². The second-order valence-electron chi connectivity index (χ2n) is 14.4. The van der Waals surface area contributed by atoms with Crippen molar-refractivity contribution < 1.29 is 19.1 Å². The first kappa shape index (κ1) is 35.2. The first-order valence-electron chi connectivity index (χ1n) is 18.1. The van der Waals surface area contributed by atoms with E-state index in [1.807, 2.05) is 31.9 Å². The zero-order valence-corrected chi connectivity index (χ0v) is 30.7. The van der Waals surface area contributed by atoms with E-state index in [2.05, 4.69) is 87.6 Å². The number of H-pyrrole nitrogens is 2. The molecule has 0 spiro atoms. The molecule has 5 aromatic rings. The van der Waals surface area contributed by atoms with Crippen molar-refractivity contribution >= 4 is 33.8 Å². The lowest BCUT2D eigenvalue weighted by molar-refractivity contribution is -0.135. The highest BCUT2D eigenvalue weighted by Gasteiger charge is 2.37. The molecule has 2 amide bonds. The summed E-state index contributed by atoms with van der Waals surface area (Å²) in [6, 6.07) is 16.5. The summed E-state index contributed by atoms with van der Waals surface area (Å²) in [5, 5.41) is 4.95. The van der Waals surface area contributed by atoms with Gasteiger partial charge in [0.2, 0.25) is 5.91 Å². The molecule has 11 nitrogen and oxygen atoms in total. The van der Waals surface area contributed by atoms with Crippen molar-refractivity contribution in [1.29, 1.82) is 0 Å². The number of fused-ring (bicyclic) bond motifs is 3. The molecule has 0 unspecified atom stereocenters. The van der Waals surface area contributed by atoms with Gasteiger partial charge in [0, 0.05) is 36.7 Å². The topological polar surface area (TPSA) is 128 Å². The normalized spacial score (nSPS) is 19.7. The Bertz CT molecular complexity index is 2180. The van der Waals surface area contributed by atoms with E-state index in [9.17, 15) is 9.59 Å². The number of nitrogens with zero attached hydrogens (tertiary/aromatic N) is 4. The number of ether oxygens (including phenoxy) is 2. The fraction of sp³-hybridized carbons (Fsp3) is 0.415. The summed E-state index contributed by atoms with van der Waals surface area (Å²) in [5.41, 5.74) is 6.88. The highest BCUT2D eigenvalue weighted by molar-refractivity contribution is 6.05. The molecule has 4 atom stereocenters. The number of imidazole rings is 2. The molecule has 2 aliphatic rings. The smallest absolute Gasteiger partial charge is 0.407 e. The van der Waals surface area contributed by atoms with Gasteiger partial charge in [-0.2, -0.15) is 0 Å². The number of carbonyl (C=O) groups is 2. The Morgan fingerprint density at radius 3 is 2.63 bits per heavy atom. The first-order chi connectivity index (χ1) is 25.2. The van der Waals surface area contributed by atoms with Crippen molar-refractivity contribution in [2.45, 2.75) is 58.2 Å². The van der Waals surface area contributed by atoms with E-state index in [1.54, 1.807) is 7.11 Å². The number of aromatic nitrogens is 4. The van der Waals surface area contributed by atoms with E-state index in [0.29, 0.717) is 12.5 Å². The molecule has 2 aliphatic heterocycles. The number of nitrogens with one attached hydrogen (secondary N) is 3. The third-order valence-electron chi connectivity index (χ3n) is 10.6. The molecule has 52 heavy (non-hydrogen) atoms. The fourth-order valence-corrected chi connectivity index (χ4v) is 7.98. The molecular formula is C41H47N7O4. The zero-order valence-electron chi connectivity index (χ0n) is 30.7. The van der Waals surface area contributed by atoms with Crippen LogP contribution in [0.25, 0.3) is 44.2 Å². The number of methoxy groups -OCH3 is 2. The largest absolute Gasteiger partial charge is 0.453 e. The van der Waals surface area contributed by atoms with Gasteiger partial charge in [0.1, 0.15) is 17.7 Å². The van der Waals surface area contributed by atoms with E-state index in [0.717, 1.165) is 93.8 Å². The van der Waals surface area contributed by atoms with Crippen LogP contribution in [0.15, 0.2) is 54.7 Å². The Hall–Kier alpha value is -5.18. The number of hydrogen-bond donors (Lipinski definition) is 3. The van der Waals surface area contributed by atoms with Crippen molar-refractivity contribution in [3.63, 3.8) is 0 Å². The molecule has 0 saturated carbocycles. The Morgan fingerprint density at radius 1 is 1.04 bits per heavy atom. The lowest BCUT2D eigenvalue weighted by Crippen LogP contribution is -2.51. The maximum absolute atomic E-state index is 13.6. The minimum absolute atomic E-state index is 0.0999. The summed E-state index contributed by atoms with van der Waals surface area (Å²) in [7, 11) is 5.23. The number of amides is 2. The molecule has 3 aromatic carbocycles. The second-order valence-corrected chi connectivity index (χ2v) is 14.4.